The lowest BCUT2D eigenvalue weighted by atomic mass is 10.2. The van der Waals surface area contributed by atoms with Gasteiger partial charge in [-0.05, 0) is 48.5 Å². The molecule has 0 bridgehead atoms. The zero-order chi connectivity index (χ0) is 17.7. The fourth-order valence-electron chi connectivity index (χ4n) is 1.81. The lowest BCUT2D eigenvalue weighted by Crippen LogP contribution is -2.32. The van der Waals surface area contributed by atoms with E-state index in [1.54, 1.807) is 0 Å². The first kappa shape index (κ1) is 17.5. The van der Waals surface area contributed by atoms with Crippen molar-refractivity contribution >= 4 is 17.5 Å². The molecule has 0 unspecified atom stereocenters. The summed E-state index contributed by atoms with van der Waals surface area (Å²) in [5, 5.41) is 4.68. The number of hydrogen-bond acceptors (Lipinski definition) is 2. The molecule has 24 heavy (non-hydrogen) atoms. The Kier molecular flexibility index (Phi) is 5.18. The van der Waals surface area contributed by atoms with Crippen LogP contribution in [0.3, 0.4) is 0 Å². The molecule has 0 aliphatic rings. The molecule has 0 aliphatic carbocycles. The second kappa shape index (κ2) is 7.12. The van der Waals surface area contributed by atoms with Gasteiger partial charge in [0.1, 0.15) is 5.82 Å². The minimum atomic E-state index is -4.45. The second-order valence-electron chi connectivity index (χ2n) is 4.81. The van der Waals surface area contributed by atoms with Gasteiger partial charge in [0.05, 0.1) is 12.1 Å². The van der Waals surface area contributed by atoms with Crippen molar-refractivity contribution in [2.45, 2.75) is 6.18 Å². The third-order valence-corrected chi connectivity index (χ3v) is 3.01. The van der Waals surface area contributed by atoms with Crippen LogP contribution in [0.15, 0.2) is 48.5 Å². The molecule has 2 rings (SSSR count). The van der Waals surface area contributed by atoms with Gasteiger partial charge < -0.3 is 10.6 Å². The van der Waals surface area contributed by atoms with E-state index in [2.05, 4.69) is 10.6 Å². The van der Waals surface area contributed by atoms with E-state index in [0.717, 1.165) is 36.4 Å². The average molecular weight is 340 g/mol. The van der Waals surface area contributed by atoms with Crippen LogP contribution in [0.5, 0.6) is 0 Å². The van der Waals surface area contributed by atoms with E-state index in [9.17, 15) is 27.2 Å². The standard InChI is InChI=1S/C16H12F4N2O2/c17-12-5-1-10(2-6-12)15(24)21-9-14(23)22-13-7-3-11(4-8-13)16(18,19)20/h1-8H,9H2,(H,21,24)(H,22,23). The maximum absolute atomic E-state index is 12.7. The second-order valence-corrected chi connectivity index (χ2v) is 4.81. The first-order chi connectivity index (χ1) is 11.3. The third kappa shape index (κ3) is 4.80. The molecule has 0 fully saturated rings. The first-order valence-corrected chi connectivity index (χ1v) is 6.76. The molecule has 2 N–H and O–H groups in total. The van der Waals surface area contributed by atoms with Gasteiger partial charge in [-0.2, -0.15) is 13.2 Å². The molecule has 0 aliphatic heterocycles. The summed E-state index contributed by atoms with van der Waals surface area (Å²) in [6.07, 6.45) is -4.45. The number of hydrogen-bond donors (Lipinski definition) is 2. The Bertz CT molecular complexity index is 725. The zero-order valence-electron chi connectivity index (χ0n) is 12.2. The van der Waals surface area contributed by atoms with E-state index in [-0.39, 0.29) is 17.8 Å². The van der Waals surface area contributed by atoms with Gasteiger partial charge in [-0.25, -0.2) is 4.39 Å². The van der Waals surface area contributed by atoms with E-state index >= 15 is 0 Å². The lowest BCUT2D eigenvalue weighted by molar-refractivity contribution is -0.137. The van der Waals surface area contributed by atoms with Gasteiger partial charge in [-0.1, -0.05) is 0 Å². The number of nitrogens with one attached hydrogen (secondary N) is 2. The summed E-state index contributed by atoms with van der Waals surface area (Å²) in [6.45, 7) is -0.378. The van der Waals surface area contributed by atoms with Gasteiger partial charge in [0.2, 0.25) is 5.91 Å². The highest BCUT2D eigenvalue weighted by Gasteiger charge is 2.29. The van der Waals surface area contributed by atoms with Crippen LogP contribution in [-0.4, -0.2) is 18.4 Å². The quantitative estimate of drug-likeness (QED) is 0.840. The van der Waals surface area contributed by atoms with Crippen molar-refractivity contribution in [2.75, 3.05) is 11.9 Å². The Hall–Kier alpha value is -2.90. The molecule has 0 radical (unpaired) electrons. The molecule has 0 saturated heterocycles. The fourth-order valence-corrected chi connectivity index (χ4v) is 1.81. The van der Waals surface area contributed by atoms with Crippen LogP contribution >= 0.6 is 0 Å². The number of benzene rings is 2. The van der Waals surface area contributed by atoms with Crippen molar-refractivity contribution in [1.29, 1.82) is 0 Å². The number of rotatable bonds is 4. The smallest absolute Gasteiger partial charge is 0.343 e. The summed E-state index contributed by atoms with van der Waals surface area (Å²) in [4.78, 5) is 23.4. The van der Waals surface area contributed by atoms with Gasteiger partial charge in [0.15, 0.2) is 0 Å². The Morgan fingerprint density at radius 1 is 0.917 bits per heavy atom. The van der Waals surface area contributed by atoms with E-state index in [1.807, 2.05) is 0 Å². The highest BCUT2D eigenvalue weighted by Crippen LogP contribution is 2.29. The van der Waals surface area contributed by atoms with Crippen molar-refractivity contribution in [2.24, 2.45) is 0 Å². The van der Waals surface area contributed by atoms with Crippen LogP contribution in [-0.2, 0) is 11.0 Å². The molecule has 2 aromatic rings. The van der Waals surface area contributed by atoms with Gasteiger partial charge in [-0.15, -0.1) is 0 Å². The summed E-state index contributed by atoms with van der Waals surface area (Å²) in [5.74, 6) is -1.67. The lowest BCUT2D eigenvalue weighted by Gasteiger charge is -2.09. The molecule has 0 saturated carbocycles. The maximum Gasteiger partial charge on any atom is 0.416 e. The third-order valence-electron chi connectivity index (χ3n) is 3.01. The van der Waals surface area contributed by atoms with Crippen molar-refractivity contribution in [3.63, 3.8) is 0 Å². The molecule has 0 atom stereocenters. The van der Waals surface area contributed by atoms with Crippen LogP contribution in [0, 0.1) is 5.82 Å². The summed E-state index contributed by atoms with van der Waals surface area (Å²) in [5.41, 5.74) is -0.479. The minimum Gasteiger partial charge on any atom is -0.343 e. The average Bonchev–Trinajstić information content (AvgIpc) is 2.53. The summed E-state index contributed by atoms with van der Waals surface area (Å²) >= 11 is 0. The Labute approximate surface area is 134 Å². The molecule has 4 nitrogen and oxygen atoms in total. The largest absolute Gasteiger partial charge is 0.416 e. The van der Waals surface area contributed by atoms with E-state index in [0.29, 0.717) is 0 Å². The van der Waals surface area contributed by atoms with Crippen molar-refractivity contribution in [3.05, 3.63) is 65.5 Å². The van der Waals surface area contributed by atoms with Crippen LogP contribution < -0.4 is 10.6 Å². The number of alkyl halides is 3. The Balaban J connectivity index is 1.87. The maximum atomic E-state index is 12.7. The van der Waals surface area contributed by atoms with Gasteiger partial charge in [-0.3, -0.25) is 9.59 Å². The molecule has 126 valence electrons. The highest BCUT2D eigenvalue weighted by atomic mass is 19.4. The molecule has 0 spiro atoms. The minimum absolute atomic E-state index is 0.170. The topological polar surface area (TPSA) is 58.2 Å². The zero-order valence-corrected chi connectivity index (χ0v) is 12.2. The summed E-state index contributed by atoms with van der Waals surface area (Å²) in [7, 11) is 0. The molecule has 2 amide bonds. The predicted octanol–water partition coefficient (Wildman–Crippen LogP) is 3.21. The number of amides is 2. The van der Waals surface area contributed by atoms with Crippen LogP contribution in [0.25, 0.3) is 0 Å². The molecule has 0 heterocycles. The van der Waals surface area contributed by atoms with Gasteiger partial charge in [0, 0.05) is 11.3 Å². The molecule has 0 aromatic heterocycles. The number of carbonyl (C=O) groups is 2. The molecular weight excluding hydrogens is 328 g/mol. The highest BCUT2D eigenvalue weighted by molar-refractivity contribution is 5.99. The Morgan fingerprint density at radius 3 is 2.04 bits per heavy atom. The fraction of sp³-hybridized carbons (Fsp3) is 0.125. The van der Waals surface area contributed by atoms with E-state index in [1.165, 1.54) is 12.1 Å². The number of halogens is 4. The summed E-state index contributed by atoms with van der Waals surface area (Å²) in [6, 6.07) is 8.65. The van der Waals surface area contributed by atoms with Gasteiger partial charge in [0.25, 0.3) is 5.91 Å². The summed E-state index contributed by atoms with van der Waals surface area (Å²) < 4.78 is 50.0. The van der Waals surface area contributed by atoms with Crippen LogP contribution in [0.4, 0.5) is 23.2 Å². The Morgan fingerprint density at radius 2 is 1.50 bits per heavy atom. The monoisotopic (exact) mass is 340 g/mol. The van der Waals surface area contributed by atoms with Crippen LogP contribution in [0.1, 0.15) is 15.9 Å². The SMILES string of the molecule is O=C(CNC(=O)c1ccc(F)cc1)Nc1ccc(C(F)(F)F)cc1. The van der Waals surface area contributed by atoms with Gasteiger partial charge >= 0.3 is 6.18 Å². The van der Waals surface area contributed by atoms with E-state index in [4.69, 9.17) is 0 Å². The van der Waals surface area contributed by atoms with E-state index < -0.39 is 29.4 Å². The van der Waals surface area contributed by atoms with Crippen LogP contribution in [0.2, 0.25) is 0 Å². The van der Waals surface area contributed by atoms with Crippen molar-refractivity contribution in [3.8, 4) is 0 Å². The van der Waals surface area contributed by atoms with Crippen molar-refractivity contribution in [1.82, 2.24) is 5.32 Å². The molecule has 8 heteroatoms. The first-order valence-electron chi connectivity index (χ1n) is 6.76. The molecular formula is C16H12F4N2O2. The normalized spacial score (nSPS) is 11.0. The number of anilines is 1. The predicted molar refractivity (Wildman–Crippen MR) is 78.8 cm³/mol. The number of carbonyl (C=O) groups excluding carboxylic acids is 2. The van der Waals surface area contributed by atoms with Crippen molar-refractivity contribution < 1.29 is 27.2 Å². The molecule has 2 aromatic carbocycles.